The van der Waals surface area contributed by atoms with E-state index in [4.69, 9.17) is 0 Å². The van der Waals surface area contributed by atoms with Crippen LogP contribution in [0, 0.1) is 6.92 Å². The van der Waals surface area contributed by atoms with E-state index in [1.807, 2.05) is 0 Å². The predicted octanol–water partition coefficient (Wildman–Crippen LogP) is 2.07. The Labute approximate surface area is 131 Å². The Hall–Kier alpha value is -2.11. The summed E-state index contributed by atoms with van der Waals surface area (Å²) < 4.78 is 77.0. The molecule has 12 heteroatoms. The second-order valence-corrected chi connectivity index (χ2v) is 5.16. The van der Waals surface area contributed by atoms with Crippen LogP contribution < -0.4 is 0 Å². The summed E-state index contributed by atoms with van der Waals surface area (Å²) in [5, 5.41) is 16.0. The van der Waals surface area contributed by atoms with E-state index in [1.165, 1.54) is 6.92 Å². The topological polar surface area (TPSA) is 70.7 Å². The zero-order chi connectivity index (χ0) is 18.3. The van der Waals surface area contributed by atoms with Crippen molar-refractivity contribution in [1.29, 1.82) is 0 Å². The van der Waals surface area contributed by atoms with Crippen LogP contribution in [0.3, 0.4) is 0 Å². The van der Waals surface area contributed by atoms with Gasteiger partial charge in [-0.3, -0.25) is 9.48 Å². The molecule has 2 rings (SSSR count). The molecular formula is C12H12F6N4O2. The van der Waals surface area contributed by atoms with Gasteiger partial charge in [0.25, 0.3) is 5.72 Å². The number of nitrogens with zero attached hydrogens (tertiary/aromatic N) is 4. The molecule has 1 amide bonds. The Bertz CT molecular complexity index is 665. The summed E-state index contributed by atoms with van der Waals surface area (Å²) in [5.41, 5.74) is -4.52. The third-order valence-corrected chi connectivity index (χ3v) is 3.42. The van der Waals surface area contributed by atoms with E-state index >= 15 is 0 Å². The van der Waals surface area contributed by atoms with Crippen molar-refractivity contribution < 1.29 is 36.2 Å². The third-order valence-electron chi connectivity index (χ3n) is 3.42. The predicted molar refractivity (Wildman–Crippen MR) is 67.5 cm³/mol. The minimum absolute atomic E-state index is 0.0890. The number of amides is 1. The van der Waals surface area contributed by atoms with Gasteiger partial charge in [-0.1, -0.05) is 0 Å². The number of carbonyl (C=O) groups excluding carboxylic acids is 1. The number of aryl methyl sites for hydroxylation is 2. The number of hydrazone groups is 1. The monoisotopic (exact) mass is 358 g/mol. The van der Waals surface area contributed by atoms with Gasteiger partial charge in [-0.05, 0) is 13.0 Å². The summed E-state index contributed by atoms with van der Waals surface area (Å²) in [6.07, 6.45) is -10.6. The summed E-state index contributed by atoms with van der Waals surface area (Å²) in [4.78, 5) is 11.9. The normalized spacial score (nSPS) is 21.6. The lowest BCUT2D eigenvalue weighted by molar-refractivity contribution is -0.302. The quantitative estimate of drug-likeness (QED) is 0.841. The Balaban J connectivity index is 2.09. The summed E-state index contributed by atoms with van der Waals surface area (Å²) in [6.45, 7) is 0.924. The number of hydrogen-bond donors (Lipinski definition) is 1. The number of hydrogen-bond acceptors (Lipinski definition) is 4. The van der Waals surface area contributed by atoms with Gasteiger partial charge in [-0.15, -0.1) is 0 Å². The number of halogens is 6. The lowest BCUT2D eigenvalue weighted by Crippen LogP contribution is -2.56. The van der Waals surface area contributed by atoms with Crippen LogP contribution in [-0.4, -0.2) is 43.9 Å². The van der Waals surface area contributed by atoms with Crippen molar-refractivity contribution in [3.8, 4) is 0 Å². The second-order valence-electron chi connectivity index (χ2n) is 5.16. The lowest BCUT2D eigenvalue weighted by Gasteiger charge is -2.32. The molecule has 0 saturated carbocycles. The molecule has 0 aliphatic carbocycles. The van der Waals surface area contributed by atoms with E-state index in [-0.39, 0.29) is 17.2 Å². The first-order valence-corrected chi connectivity index (χ1v) is 6.62. The maximum absolute atomic E-state index is 12.9. The standard InChI is InChI=1S/C12H12F6N4O2/c1-7-6-8(11(13,14)15)20-21(7)5-2-9(23)22-10(24,3-4-19-22)12(16,17)18/h4,6,24H,2-3,5H2,1H3/t10-/m0/s1. The Morgan fingerprint density at radius 2 is 1.96 bits per heavy atom. The molecule has 0 bridgehead atoms. The molecule has 1 aromatic heterocycles. The van der Waals surface area contributed by atoms with E-state index < -0.39 is 42.5 Å². The van der Waals surface area contributed by atoms with E-state index in [2.05, 4.69) is 10.2 Å². The molecule has 6 nitrogen and oxygen atoms in total. The van der Waals surface area contributed by atoms with Crippen LogP contribution in [0.1, 0.15) is 24.2 Å². The largest absolute Gasteiger partial charge is 0.438 e. The van der Waals surface area contributed by atoms with Crippen LogP contribution >= 0.6 is 0 Å². The van der Waals surface area contributed by atoms with Gasteiger partial charge >= 0.3 is 12.4 Å². The van der Waals surface area contributed by atoms with Crippen molar-refractivity contribution in [1.82, 2.24) is 14.8 Å². The summed E-state index contributed by atoms with van der Waals surface area (Å²) in [6, 6.07) is 0.755. The first-order valence-electron chi connectivity index (χ1n) is 6.62. The molecular weight excluding hydrogens is 346 g/mol. The van der Waals surface area contributed by atoms with Crippen molar-refractivity contribution in [2.45, 2.75) is 44.4 Å². The van der Waals surface area contributed by atoms with Crippen LogP contribution in [0.4, 0.5) is 26.3 Å². The number of alkyl halides is 6. The van der Waals surface area contributed by atoms with Crippen LogP contribution in [0.2, 0.25) is 0 Å². The molecule has 1 N–H and O–H groups in total. The fourth-order valence-electron chi connectivity index (χ4n) is 2.12. The first kappa shape index (κ1) is 18.2. The van der Waals surface area contributed by atoms with Crippen molar-refractivity contribution in [3.05, 3.63) is 17.5 Å². The fourth-order valence-corrected chi connectivity index (χ4v) is 2.12. The lowest BCUT2D eigenvalue weighted by atomic mass is 10.1. The van der Waals surface area contributed by atoms with E-state index in [9.17, 15) is 36.2 Å². The molecule has 0 aromatic carbocycles. The van der Waals surface area contributed by atoms with Gasteiger partial charge in [0.15, 0.2) is 5.69 Å². The molecule has 0 fully saturated rings. The minimum Gasteiger partial charge on any atom is -0.362 e. The van der Waals surface area contributed by atoms with E-state index in [0.29, 0.717) is 0 Å². The molecule has 24 heavy (non-hydrogen) atoms. The molecule has 0 saturated heterocycles. The second kappa shape index (κ2) is 5.76. The van der Waals surface area contributed by atoms with Crippen molar-refractivity contribution >= 4 is 12.1 Å². The van der Waals surface area contributed by atoms with Gasteiger partial charge in [-0.2, -0.15) is 41.6 Å². The molecule has 1 aliphatic heterocycles. The third kappa shape index (κ3) is 3.23. The van der Waals surface area contributed by atoms with Crippen molar-refractivity contribution in [2.24, 2.45) is 5.10 Å². The highest BCUT2D eigenvalue weighted by Gasteiger charge is 2.61. The fraction of sp³-hybridized carbons (Fsp3) is 0.583. The summed E-state index contributed by atoms with van der Waals surface area (Å²) in [5.74, 6) is -1.19. The SMILES string of the molecule is Cc1cc(C(F)(F)F)nn1CCC(=O)N1N=CC[C@]1(O)C(F)(F)F. The van der Waals surface area contributed by atoms with Gasteiger partial charge < -0.3 is 5.11 Å². The number of carbonyl (C=O) groups is 1. The molecule has 0 unspecified atom stereocenters. The van der Waals surface area contributed by atoms with Crippen molar-refractivity contribution in [2.75, 3.05) is 0 Å². The Morgan fingerprint density at radius 3 is 2.46 bits per heavy atom. The molecule has 1 aromatic rings. The number of aliphatic hydroxyl groups is 1. The van der Waals surface area contributed by atoms with E-state index in [0.717, 1.165) is 17.0 Å². The average molecular weight is 358 g/mol. The zero-order valence-corrected chi connectivity index (χ0v) is 12.2. The van der Waals surface area contributed by atoms with Gasteiger partial charge in [-0.25, -0.2) is 0 Å². The van der Waals surface area contributed by atoms with Crippen molar-refractivity contribution in [3.63, 3.8) is 0 Å². The molecule has 0 radical (unpaired) electrons. The van der Waals surface area contributed by atoms with Gasteiger partial charge in [0.05, 0.1) is 6.54 Å². The molecule has 0 spiro atoms. The molecule has 134 valence electrons. The summed E-state index contributed by atoms with van der Waals surface area (Å²) in [7, 11) is 0. The summed E-state index contributed by atoms with van der Waals surface area (Å²) >= 11 is 0. The average Bonchev–Trinajstić information content (AvgIpc) is 2.99. The van der Waals surface area contributed by atoms with Crippen LogP contribution in [0.15, 0.2) is 11.2 Å². The molecule has 2 heterocycles. The molecule has 1 aliphatic rings. The van der Waals surface area contributed by atoms with Crippen LogP contribution in [0.5, 0.6) is 0 Å². The highest BCUT2D eigenvalue weighted by Crippen LogP contribution is 2.38. The minimum atomic E-state index is -5.12. The van der Waals surface area contributed by atoms with Gasteiger partial charge in [0, 0.05) is 24.8 Å². The highest BCUT2D eigenvalue weighted by molar-refractivity contribution is 5.80. The maximum Gasteiger partial charge on any atom is 0.438 e. The van der Waals surface area contributed by atoms with Crippen LogP contribution in [-0.2, 0) is 17.5 Å². The highest BCUT2D eigenvalue weighted by atomic mass is 19.4. The molecule has 1 atom stereocenters. The smallest absolute Gasteiger partial charge is 0.362 e. The van der Waals surface area contributed by atoms with Gasteiger partial charge in [0.1, 0.15) is 0 Å². The van der Waals surface area contributed by atoms with Gasteiger partial charge in [0.2, 0.25) is 5.91 Å². The number of aromatic nitrogens is 2. The maximum atomic E-state index is 12.9. The zero-order valence-electron chi connectivity index (χ0n) is 12.2. The number of rotatable bonds is 3. The van der Waals surface area contributed by atoms with Crippen LogP contribution in [0.25, 0.3) is 0 Å². The van der Waals surface area contributed by atoms with E-state index in [1.54, 1.807) is 0 Å². The Morgan fingerprint density at radius 1 is 1.33 bits per heavy atom. The first-order chi connectivity index (χ1) is 10.9. The Kier molecular flexibility index (Phi) is 4.37.